The van der Waals surface area contributed by atoms with Crippen LogP contribution in [-0.2, 0) is 13.6 Å². The third-order valence-corrected chi connectivity index (χ3v) is 3.71. The van der Waals surface area contributed by atoms with Gasteiger partial charge in [-0.2, -0.15) is 5.10 Å². The molecule has 1 heterocycles. The van der Waals surface area contributed by atoms with Gasteiger partial charge in [0, 0.05) is 25.0 Å². The summed E-state index contributed by atoms with van der Waals surface area (Å²) in [6.07, 6.45) is 0. The first-order valence-electron chi connectivity index (χ1n) is 6.94. The first kappa shape index (κ1) is 12.9. The molecular formula is C17H19N3. The highest BCUT2D eigenvalue weighted by Gasteiger charge is 2.09. The van der Waals surface area contributed by atoms with Gasteiger partial charge in [-0.3, -0.25) is 4.68 Å². The number of nitrogens with zero attached hydrogens (tertiary/aromatic N) is 2. The van der Waals surface area contributed by atoms with Gasteiger partial charge in [0.25, 0.3) is 0 Å². The standard InChI is InChI=1S/C17H19N3/c1-13(14-8-4-3-5-9-14)18-12-16-15-10-6-7-11-17(15)20(2)19-16/h3-11,13,18H,12H2,1-2H3. The van der Waals surface area contributed by atoms with Gasteiger partial charge in [0.2, 0.25) is 0 Å². The molecule has 20 heavy (non-hydrogen) atoms. The Hall–Kier alpha value is -2.13. The van der Waals surface area contributed by atoms with Crippen molar-refractivity contribution < 1.29 is 0 Å². The predicted molar refractivity (Wildman–Crippen MR) is 82.4 cm³/mol. The molecule has 0 aliphatic rings. The summed E-state index contributed by atoms with van der Waals surface area (Å²) in [5.41, 5.74) is 3.58. The van der Waals surface area contributed by atoms with E-state index >= 15 is 0 Å². The number of aryl methyl sites for hydroxylation is 1. The van der Waals surface area contributed by atoms with Gasteiger partial charge in [0.05, 0.1) is 11.2 Å². The average Bonchev–Trinajstić information content (AvgIpc) is 2.83. The molecule has 0 fully saturated rings. The summed E-state index contributed by atoms with van der Waals surface area (Å²) in [5.74, 6) is 0. The summed E-state index contributed by atoms with van der Waals surface area (Å²) < 4.78 is 1.94. The van der Waals surface area contributed by atoms with E-state index in [9.17, 15) is 0 Å². The molecule has 1 atom stereocenters. The van der Waals surface area contributed by atoms with Crippen molar-refractivity contribution in [2.24, 2.45) is 7.05 Å². The maximum atomic E-state index is 4.61. The molecule has 0 aliphatic heterocycles. The van der Waals surface area contributed by atoms with Gasteiger partial charge in [-0.15, -0.1) is 0 Å². The topological polar surface area (TPSA) is 29.9 Å². The lowest BCUT2D eigenvalue weighted by Gasteiger charge is -2.13. The van der Waals surface area contributed by atoms with Crippen molar-refractivity contribution >= 4 is 10.9 Å². The lowest BCUT2D eigenvalue weighted by atomic mass is 10.1. The van der Waals surface area contributed by atoms with Crippen molar-refractivity contribution in [2.45, 2.75) is 19.5 Å². The summed E-state index contributed by atoms with van der Waals surface area (Å²) in [6, 6.07) is 19.1. The Bertz CT molecular complexity index is 701. The first-order chi connectivity index (χ1) is 9.75. The Labute approximate surface area is 119 Å². The molecule has 1 aromatic heterocycles. The summed E-state index contributed by atoms with van der Waals surface area (Å²) in [6.45, 7) is 2.96. The number of para-hydroxylation sites is 1. The number of benzene rings is 2. The minimum absolute atomic E-state index is 0.317. The molecular weight excluding hydrogens is 246 g/mol. The van der Waals surface area contributed by atoms with Crippen LogP contribution in [0.3, 0.4) is 0 Å². The Morgan fingerprint density at radius 3 is 2.55 bits per heavy atom. The van der Waals surface area contributed by atoms with Crippen molar-refractivity contribution in [2.75, 3.05) is 0 Å². The zero-order chi connectivity index (χ0) is 13.9. The molecule has 0 bridgehead atoms. The third kappa shape index (κ3) is 2.45. The molecule has 0 amide bonds. The monoisotopic (exact) mass is 265 g/mol. The van der Waals surface area contributed by atoms with Crippen LogP contribution in [0.25, 0.3) is 10.9 Å². The van der Waals surface area contributed by atoms with E-state index in [1.807, 2.05) is 23.9 Å². The van der Waals surface area contributed by atoms with Gasteiger partial charge in [-0.05, 0) is 18.6 Å². The maximum absolute atomic E-state index is 4.61. The molecule has 0 radical (unpaired) electrons. The van der Waals surface area contributed by atoms with Gasteiger partial charge in [-0.25, -0.2) is 0 Å². The minimum Gasteiger partial charge on any atom is -0.304 e. The normalized spacial score (nSPS) is 12.7. The molecule has 1 unspecified atom stereocenters. The summed E-state index contributed by atoms with van der Waals surface area (Å²) in [7, 11) is 1.99. The summed E-state index contributed by atoms with van der Waals surface area (Å²) in [4.78, 5) is 0. The molecule has 2 aromatic carbocycles. The van der Waals surface area contributed by atoms with Gasteiger partial charge in [0.1, 0.15) is 0 Å². The highest BCUT2D eigenvalue weighted by atomic mass is 15.3. The zero-order valence-corrected chi connectivity index (χ0v) is 11.9. The molecule has 0 spiro atoms. The Kier molecular flexibility index (Phi) is 3.52. The highest BCUT2D eigenvalue weighted by Crippen LogP contribution is 2.18. The van der Waals surface area contributed by atoms with E-state index in [1.165, 1.54) is 16.5 Å². The van der Waals surface area contributed by atoms with Crippen LogP contribution in [0.2, 0.25) is 0 Å². The fraction of sp³-hybridized carbons (Fsp3) is 0.235. The van der Waals surface area contributed by atoms with Gasteiger partial charge in [-0.1, -0.05) is 48.5 Å². The molecule has 0 saturated carbocycles. The van der Waals surface area contributed by atoms with E-state index in [1.54, 1.807) is 0 Å². The van der Waals surface area contributed by atoms with Crippen LogP contribution in [0.15, 0.2) is 54.6 Å². The second-order valence-electron chi connectivity index (χ2n) is 5.10. The van der Waals surface area contributed by atoms with Crippen LogP contribution in [0.4, 0.5) is 0 Å². The van der Waals surface area contributed by atoms with Gasteiger partial charge >= 0.3 is 0 Å². The molecule has 3 aromatic rings. The Morgan fingerprint density at radius 2 is 1.75 bits per heavy atom. The minimum atomic E-state index is 0.317. The molecule has 3 rings (SSSR count). The lowest BCUT2D eigenvalue weighted by molar-refractivity contribution is 0.564. The quantitative estimate of drug-likeness (QED) is 0.783. The van der Waals surface area contributed by atoms with Crippen molar-refractivity contribution in [3.05, 3.63) is 65.9 Å². The first-order valence-corrected chi connectivity index (χ1v) is 6.94. The third-order valence-electron chi connectivity index (χ3n) is 3.71. The maximum Gasteiger partial charge on any atom is 0.0841 e. The van der Waals surface area contributed by atoms with E-state index < -0.39 is 0 Å². The van der Waals surface area contributed by atoms with E-state index in [0.29, 0.717) is 6.04 Å². The predicted octanol–water partition coefficient (Wildman–Crippen LogP) is 3.42. The van der Waals surface area contributed by atoms with Gasteiger partial charge < -0.3 is 5.32 Å². The van der Waals surface area contributed by atoms with Crippen molar-refractivity contribution in [3.8, 4) is 0 Å². The lowest BCUT2D eigenvalue weighted by Crippen LogP contribution is -2.18. The smallest absolute Gasteiger partial charge is 0.0841 e. The number of rotatable bonds is 4. The Morgan fingerprint density at radius 1 is 1.05 bits per heavy atom. The van der Waals surface area contributed by atoms with E-state index in [4.69, 9.17) is 0 Å². The SMILES string of the molecule is CC(NCc1nn(C)c2ccccc12)c1ccccc1. The fourth-order valence-corrected chi connectivity index (χ4v) is 2.53. The molecule has 0 saturated heterocycles. The van der Waals surface area contributed by atoms with Crippen LogP contribution >= 0.6 is 0 Å². The van der Waals surface area contributed by atoms with Crippen LogP contribution in [0.5, 0.6) is 0 Å². The fourth-order valence-electron chi connectivity index (χ4n) is 2.53. The van der Waals surface area contributed by atoms with E-state index in [0.717, 1.165) is 12.2 Å². The van der Waals surface area contributed by atoms with E-state index in [2.05, 4.69) is 59.8 Å². The largest absolute Gasteiger partial charge is 0.304 e. The number of aromatic nitrogens is 2. The molecule has 3 nitrogen and oxygen atoms in total. The summed E-state index contributed by atoms with van der Waals surface area (Å²) >= 11 is 0. The molecule has 102 valence electrons. The van der Waals surface area contributed by atoms with Crippen LogP contribution < -0.4 is 5.32 Å². The number of nitrogens with one attached hydrogen (secondary N) is 1. The number of fused-ring (bicyclic) bond motifs is 1. The average molecular weight is 265 g/mol. The molecule has 1 N–H and O–H groups in total. The number of hydrogen-bond acceptors (Lipinski definition) is 2. The van der Waals surface area contributed by atoms with Crippen molar-refractivity contribution in [1.82, 2.24) is 15.1 Å². The van der Waals surface area contributed by atoms with Crippen LogP contribution in [0.1, 0.15) is 24.2 Å². The zero-order valence-electron chi connectivity index (χ0n) is 11.9. The van der Waals surface area contributed by atoms with Crippen LogP contribution in [-0.4, -0.2) is 9.78 Å². The van der Waals surface area contributed by atoms with Gasteiger partial charge in [0.15, 0.2) is 0 Å². The number of hydrogen-bond donors (Lipinski definition) is 1. The Balaban J connectivity index is 1.77. The molecule has 0 aliphatic carbocycles. The second kappa shape index (κ2) is 5.47. The molecule has 3 heteroatoms. The van der Waals surface area contributed by atoms with Crippen molar-refractivity contribution in [3.63, 3.8) is 0 Å². The van der Waals surface area contributed by atoms with Crippen LogP contribution in [0, 0.1) is 0 Å². The highest BCUT2D eigenvalue weighted by molar-refractivity contribution is 5.81. The van der Waals surface area contributed by atoms with Crippen molar-refractivity contribution in [1.29, 1.82) is 0 Å². The second-order valence-corrected chi connectivity index (χ2v) is 5.10. The summed E-state index contributed by atoms with van der Waals surface area (Å²) in [5, 5.41) is 9.38. The van der Waals surface area contributed by atoms with E-state index in [-0.39, 0.29) is 0 Å².